The lowest BCUT2D eigenvalue weighted by molar-refractivity contribution is 0.0760. The summed E-state index contributed by atoms with van der Waals surface area (Å²) in [6, 6.07) is 1.99. The van der Waals surface area contributed by atoms with E-state index in [1.165, 1.54) is 5.56 Å². The highest BCUT2D eigenvalue weighted by Gasteiger charge is 2.00. The van der Waals surface area contributed by atoms with Crippen molar-refractivity contribution in [3.63, 3.8) is 0 Å². The lowest BCUT2D eigenvalue weighted by atomic mass is 10.2. The SMILES string of the molecule is Cc1ccoc1CNCCCCOC(C)C. The number of rotatable bonds is 8. The molecule has 0 aromatic carbocycles. The van der Waals surface area contributed by atoms with Crippen molar-refractivity contribution in [1.82, 2.24) is 5.32 Å². The monoisotopic (exact) mass is 225 g/mol. The van der Waals surface area contributed by atoms with Crippen LogP contribution in [0.25, 0.3) is 0 Å². The molecule has 0 aliphatic carbocycles. The van der Waals surface area contributed by atoms with E-state index in [0.717, 1.165) is 38.3 Å². The molecule has 0 fully saturated rings. The van der Waals surface area contributed by atoms with Gasteiger partial charge in [-0.2, -0.15) is 0 Å². The van der Waals surface area contributed by atoms with E-state index in [4.69, 9.17) is 9.15 Å². The summed E-state index contributed by atoms with van der Waals surface area (Å²) >= 11 is 0. The Morgan fingerprint density at radius 1 is 1.38 bits per heavy atom. The van der Waals surface area contributed by atoms with Crippen molar-refractivity contribution in [2.75, 3.05) is 13.2 Å². The van der Waals surface area contributed by atoms with Gasteiger partial charge in [-0.05, 0) is 51.8 Å². The summed E-state index contributed by atoms with van der Waals surface area (Å²) in [5, 5.41) is 3.37. The molecule has 0 radical (unpaired) electrons. The smallest absolute Gasteiger partial charge is 0.120 e. The molecule has 3 heteroatoms. The first kappa shape index (κ1) is 13.3. The fourth-order valence-electron chi connectivity index (χ4n) is 1.46. The fourth-order valence-corrected chi connectivity index (χ4v) is 1.46. The minimum Gasteiger partial charge on any atom is -0.468 e. The molecule has 1 aromatic heterocycles. The second kappa shape index (κ2) is 7.47. The number of furan rings is 1. The van der Waals surface area contributed by atoms with Crippen molar-refractivity contribution in [3.8, 4) is 0 Å². The third kappa shape index (κ3) is 5.33. The van der Waals surface area contributed by atoms with Gasteiger partial charge in [-0.3, -0.25) is 0 Å². The van der Waals surface area contributed by atoms with Crippen LogP contribution in [-0.4, -0.2) is 19.3 Å². The zero-order valence-electron chi connectivity index (χ0n) is 10.6. The first-order valence-electron chi connectivity index (χ1n) is 6.05. The molecule has 0 saturated heterocycles. The second-order valence-electron chi connectivity index (χ2n) is 4.33. The van der Waals surface area contributed by atoms with E-state index in [0.29, 0.717) is 6.10 Å². The van der Waals surface area contributed by atoms with Gasteiger partial charge in [0.1, 0.15) is 5.76 Å². The molecular weight excluding hydrogens is 202 g/mol. The highest BCUT2D eigenvalue weighted by Crippen LogP contribution is 2.07. The van der Waals surface area contributed by atoms with Gasteiger partial charge < -0.3 is 14.5 Å². The summed E-state index contributed by atoms with van der Waals surface area (Å²) in [5.74, 6) is 1.04. The van der Waals surface area contributed by atoms with Gasteiger partial charge in [0.15, 0.2) is 0 Å². The van der Waals surface area contributed by atoms with Crippen molar-refractivity contribution in [3.05, 3.63) is 23.7 Å². The molecule has 3 nitrogen and oxygen atoms in total. The maximum atomic E-state index is 5.47. The molecule has 0 amide bonds. The van der Waals surface area contributed by atoms with Gasteiger partial charge in [0.05, 0.1) is 18.9 Å². The van der Waals surface area contributed by atoms with Crippen LogP contribution in [0.4, 0.5) is 0 Å². The van der Waals surface area contributed by atoms with Crippen LogP contribution in [0.2, 0.25) is 0 Å². The van der Waals surface area contributed by atoms with E-state index in [9.17, 15) is 0 Å². The van der Waals surface area contributed by atoms with E-state index in [2.05, 4.69) is 26.1 Å². The molecule has 0 aliphatic rings. The Labute approximate surface area is 98.2 Å². The number of aryl methyl sites for hydroxylation is 1. The first-order chi connectivity index (χ1) is 7.70. The lowest BCUT2D eigenvalue weighted by Gasteiger charge is -2.07. The highest BCUT2D eigenvalue weighted by molar-refractivity contribution is 5.13. The third-order valence-corrected chi connectivity index (χ3v) is 2.45. The quantitative estimate of drug-likeness (QED) is 0.691. The summed E-state index contributed by atoms with van der Waals surface area (Å²) in [7, 11) is 0. The van der Waals surface area contributed by atoms with Gasteiger partial charge >= 0.3 is 0 Å². The number of hydrogen-bond acceptors (Lipinski definition) is 3. The van der Waals surface area contributed by atoms with Crippen molar-refractivity contribution >= 4 is 0 Å². The molecule has 0 spiro atoms. The average molecular weight is 225 g/mol. The van der Waals surface area contributed by atoms with E-state index >= 15 is 0 Å². The Morgan fingerprint density at radius 3 is 2.81 bits per heavy atom. The van der Waals surface area contributed by atoms with E-state index in [1.54, 1.807) is 6.26 Å². The number of unbranched alkanes of at least 4 members (excludes halogenated alkanes) is 1. The van der Waals surface area contributed by atoms with Crippen LogP contribution >= 0.6 is 0 Å². The Balaban J connectivity index is 1.94. The molecular formula is C13H23NO2. The van der Waals surface area contributed by atoms with Crippen molar-refractivity contribution < 1.29 is 9.15 Å². The topological polar surface area (TPSA) is 34.4 Å². The van der Waals surface area contributed by atoms with Crippen LogP contribution in [0.15, 0.2) is 16.7 Å². The molecule has 0 saturated carbocycles. The molecule has 16 heavy (non-hydrogen) atoms. The first-order valence-corrected chi connectivity index (χ1v) is 6.05. The molecule has 0 atom stereocenters. The van der Waals surface area contributed by atoms with Gasteiger partial charge in [0.2, 0.25) is 0 Å². The zero-order valence-corrected chi connectivity index (χ0v) is 10.6. The van der Waals surface area contributed by atoms with E-state index in [-0.39, 0.29) is 0 Å². The maximum absolute atomic E-state index is 5.47. The minimum atomic E-state index is 0.346. The van der Waals surface area contributed by atoms with Gasteiger partial charge in [0.25, 0.3) is 0 Å². The minimum absolute atomic E-state index is 0.346. The van der Waals surface area contributed by atoms with Crippen molar-refractivity contribution in [2.45, 2.75) is 46.3 Å². The van der Waals surface area contributed by atoms with E-state index < -0.39 is 0 Å². The van der Waals surface area contributed by atoms with Crippen LogP contribution in [0.3, 0.4) is 0 Å². The van der Waals surface area contributed by atoms with Crippen LogP contribution in [0, 0.1) is 6.92 Å². The molecule has 1 aromatic rings. The molecule has 1 rings (SSSR count). The Morgan fingerprint density at radius 2 is 2.19 bits per heavy atom. The standard InChI is InChI=1S/C13H23NO2/c1-11(2)15-8-5-4-7-14-10-13-12(3)6-9-16-13/h6,9,11,14H,4-5,7-8,10H2,1-3H3. The largest absolute Gasteiger partial charge is 0.468 e. The second-order valence-corrected chi connectivity index (χ2v) is 4.33. The molecule has 92 valence electrons. The normalized spacial score (nSPS) is 11.2. The molecule has 0 bridgehead atoms. The van der Waals surface area contributed by atoms with Crippen LogP contribution in [0.1, 0.15) is 38.0 Å². The van der Waals surface area contributed by atoms with Gasteiger partial charge in [0, 0.05) is 6.61 Å². The predicted molar refractivity (Wildman–Crippen MR) is 65.5 cm³/mol. The maximum Gasteiger partial charge on any atom is 0.120 e. The molecule has 1 N–H and O–H groups in total. The fraction of sp³-hybridized carbons (Fsp3) is 0.692. The van der Waals surface area contributed by atoms with Gasteiger partial charge in [-0.1, -0.05) is 0 Å². The lowest BCUT2D eigenvalue weighted by Crippen LogP contribution is -2.15. The summed E-state index contributed by atoms with van der Waals surface area (Å²) in [6.45, 7) is 8.90. The Kier molecular flexibility index (Phi) is 6.19. The zero-order chi connectivity index (χ0) is 11.8. The van der Waals surface area contributed by atoms with Gasteiger partial charge in [-0.25, -0.2) is 0 Å². The van der Waals surface area contributed by atoms with Crippen molar-refractivity contribution in [1.29, 1.82) is 0 Å². The summed E-state index contributed by atoms with van der Waals surface area (Å²) in [4.78, 5) is 0. The Hall–Kier alpha value is -0.800. The number of ether oxygens (including phenoxy) is 1. The third-order valence-electron chi connectivity index (χ3n) is 2.45. The number of nitrogens with one attached hydrogen (secondary N) is 1. The molecule has 1 heterocycles. The van der Waals surface area contributed by atoms with E-state index in [1.807, 2.05) is 6.07 Å². The average Bonchev–Trinajstić information content (AvgIpc) is 2.62. The van der Waals surface area contributed by atoms with Crippen LogP contribution < -0.4 is 5.32 Å². The molecule has 0 unspecified atom stereocenters. The highest BCUT2D eigenvalue weighted by atomic mass is 16.5. The predicted octanol–water partition coefficient (Wildman–Crippen LogP) is 2.88. The number of hydrogen-bond donors (Lipinski definition) is 1. The molecule has 0 aliphatic heterocycles. The Bertz CT molecular complexity index is 281. The summed E-state index contributed by atoms with van der Waals surface area (Å²) in [6.07, 6.45) is 4.34. The van der Waals surface area contributed by atoms with Crippen LogP contribution in [-0.2, 0) is 11.3 Å². The van der Waals surface area contributed by atoms with Crippen molar-refractivity contribution in [2.24, 2.45) is 0 Å². The summed E-state index contributed by atoms with van der Waals surface area (Å²) < 4.78 is 10.8. The summed E-state index contributed by atoms with van der Waals surface area (Å²) in [5.41, 5.74) is 1.22. The van der Waals surface area contributed by atoms with Crippen LogP contribution in [0.5, 0.6) is 0 Å². The van der Waals surface area contributed by atoms with Gasteiger partial charge in [-0.15, -0.1) is 0 Å².